The molecule has 4 aromatic rings. The van der Waals surface area contributed by atoms with Crippen molar-refractivity contribution < 1.29 is 60.4 Å². The van der Waals surface area contributed by atoms with Crippen molar-refractivity contribution in [2.45, 2.75) is 32.1 Å². The molecule has 1 aliphatic heterocycles. The Morgan fingerprint density at radius 3 is 1.58 bits per heavy atom. The molecule has 5 rings (SSSR count). The first-order valence-corrected chi connectivity index (χ1v) is 17.2. The van der Waals surface area contributed by atoms with Crippen LogP contribution in [0.3, 0.4) is 0 Å². The maximum atomic E-state index is 14.0. The van der Waals surface area contributed by atoms with Crippen molar-refractivity contribution in [3.8, 4) is 0 Å². The van der Waals surface area contributed by atoms with Crippen LogP contribution < -0.4 is 0 Å². The number of carbonyl (C=O) groups excluding carboxylic acids is 3. The number of amides is 1. The first-order chi connectivity index (χ1) is 24.8. The predicted octanol–water partition coefficient (Wildman–Crippen LogP) is 8.89. The number of pyridine rings is 3. The van der Waals surface area contributed by atoms with Crippen LogP contribution in [0, 0.1) is 11.6 Å². The number of ether oxygens (including phenoxy) is 2. The van der Waals surface area contributed by atoms with Gasteiger partial charge in [-0.1, -0.05) is 7.43 Å². The monoisotopic (exact) mass is 976 g/mol. The third-order valence-corrected chi connectivity index (χ3v) is 8.11. The molecule has 1 fully saturated rings. The molecule has 4 heterocycles. The molecule has 0 aliphatic carbocycles. The van der Waals surface area contributed by atoms with E-state index >= 15 is 0 Å². The molecule has 0 spiro atoms. The normalized spacial score (nSPS) is 12.7. The highest BCUT2D eigenvalue weighted by molar-refractivity contribution is 9.11. The van der Waals surface area contributed by atoms with E-state index in [0.717, 1.165) is 35.4 Å². The van der Waals surface area contributed by atoms with Crippen molar-refractivity contribution in [1.29, 1.82) is 0 Å². The highest BCUT2D eigenvalue weighted by Crippen LogP contribution is 2.33. The van der Waals surface area contributed by atoms with Crippen LogP contribution in [0.25, 0.3) is 0 Å². The maximum Gasteiger partial charge on any atom is 0.384 e. The standard InChI is InChI=1S/C13H6BrF4NO.C11H11BrF2N2O2.C9H8BrF2NO2.CH4.B.H2/c14-7-1-4-11(19-6-7)13(17,18)12(20)9-3-2-8(15)5-10(9)16;12-8-1-2-9(15-7-8)11(13,14)10(17)16-3-5-18-6-4-16;1-2-15-8(14)9(11,12)7-4-3-6(10)5-13-7;;;/h1-6H;1-2,7H,3-6H2;3-5H,2H2,1H3;1H4;;1H/i;;;;;1+1. The smallest absolute Gasteiger partial charge is 0.384 e. The summed E-state index contributed by atoms with van der Waals surface area (Å²) in [4.78, 5) is 46.0. The predicted molar refractivity (Wildman–Crippen MR) is 197 cm³/mol. The van der Waals surface area contributed by atoms with Crippen molar-refractivity contribution in [1.82, 2.24) is 19.9 Å². The molecule has 1 saturated heterocycles. The van der Waals surface area contributed by atoms with Gasteiger partial charge in [-0.3, -0.25) is 24.5 Å². The van der Waals surface area contributed by atoms with Gasteiger partial charge in [0.15, 0.2) is 0 Å². The number of rotatable bonds is 8. The van der Waals surface area contributed by atoms with E-state index in [-0.39, 0.29) is 50.2 Å². The van der Waals surface area contributed by atoms with Crippen LogP contribution in [0.2, 0.25) is 0 Å². The van der Waals surface area contributed by atoms with Gasteiger partial charge in [0.25, 0.3) is 5.91 Å². The minimum absolute atomic E-state index is 0. The Kier molecular flexibility index (Phi) is 19.2. The number of hydrogen-bond donors (Lipinski definition) is 0. The second kappa shape index (κ2) is 21.5. The molecule has 21 heteroatoms. The van der Waals surface area contributed by atoms with E-state index < -0.39 is 69.7 Å². The Bertz CT molecular complexity index is 1880. The summed E-state index contributed by atoms with van der Waals surface area (Å²) < 4.78 is 119. The number of esters is 1. The molecule has 3 radical (unpaired) electrons. The van der Waals surface area contributed by atoms with Gasteiger partial charge in [0.05, 0.1) is 25.4 Å². The van der Waals surface area contributed by atoms with Gasteiger partial charge in [0, 0.05) is 61.0 Å². The summed E-state index contributed by atoms with van der Waals surface area (Å²) in [6.45, 7) is 2.31. The topological polar surface area (TPSA) is 112 Å². The van der Waals surface area contributed by atoms with Crippen LogP contribution in [-0.2, 0) is 36.8 Å². The van der Waals surface area contributed by atoms with Gasteiger partial charge in [0.1, 0.15) is 28.7 Å². The van der Waals surface area contributed by atoms with Gasteiger partial charge in [-0.25, -0.2) is 13.6 Å². The Morgan fingerprint density at radius 1 is 0.745 bits per heavy atom. The fourth-order valence-electron chi connectivity index (χ4n) is 4.04. The van der Waals surface area contributed by atoms with E-state index in [1.54, 1.807) is 0 Å². The van der Waals surface area contributed by atoms with Gasteiger partial charge in [-0.2, -0.15) is 26.3 Å². The Balaban J connectivity index is 0.000000797. The summed E-state index contributed by atoms with van der Waals surface area (Å²) in [5.74, 6) is -18.2. The second-order valence-electron chi connectivity index (χ2n) is 10.4. The van der Waals surface area contributed by atoms with Crippen LogP contribution in [0.5, 0.6) is 0 Å². The summed E-state index contributed by atoms with van der Waals surface area (Å²) in [5, 5.41) is 0. The van der Waals surface area contributed by atoms with Gasteiger partial charge in [-0.15, -0.1) is 0 Å². The van der Waals surface area contributed by atoms with Gasteiger partial charge >= 0.3 is 23.7 Å². The summed E-state index contributed by atoms with van der Waals surface area (Å²) in [6, 6.07) is 9.05. The molecule has 0 N–H and O–H groups in total. The van der Waals surface area contributed by atoms with E-state index in [1.165, 1.54) is 37.5 Å². The van der Waals surface area contributed by atoms with E-state index in [9.17, 15) is 49.5 Å². The summed E-state index contributed by atoms with van der Waals surface area (Å²) >= 11 is 9.18. The number of carbonyl (C=O) groups is 3. The molecular formula is C34H31BBr3F8N4O5. The van der Waals surface area contributed by atoms with Crippen molar-refractivity contribution in [2.75, 3.05) is 32.9 Å². The molecule has 0 saturated carbocycles. The number of halogens is 11. The number of alkyl halides is 6. The highest BCUT2D eigenvalue weighted by Gasteiger charge is 2.46. The number of morpholine rings is 1. The molecule has 1 aliphatic rings. The minimum Gasteiger partial charge on any atom is -0.461 e. The van der Waals surface area contributed by atoms with Crippen LogP contribution in [-0.4, -0.2) is 78.8 Å². The van der Waals surface area contributed by atoms with Gasteiger partial charge < -0.3 is 14.4 Å². The molecule has 55 heavy (non-hydrogen) atoms. The SMILES string of the molecule is C.CCOC(=O)C(F)(F)c1ccc(Br)cn1.O=C(N1CCOCC1)C(F)(F)c1ccc(Br)cn1.O=C(c1ccc(F)cc1F)C(F)(F)c1ccc(Br)cn1.[2HH].[B]. The first-order valence-electron chi connectivity index (χ1n) is 14.9. The summed E-state index contributed by atoms with van der Waals surface area (Å²) in [6.07, 6.45) is 3.54. The second-order valence-corrected chi connectivity index (χ2v) is 13.1. The quantitative estimate of drug-likeness (QED) is 0.0746. The zero-order chi connectivity index (χ0) is 39.6. The number of hydrogen-bond acceptors (Lipinski definition) is 8. The van der Waals surface area contributed by atoms with E-state index in [4.69, 9.17) is 4.74 Å². The molecule has 0 bridgehead atoms. The van der Waals surface area contributed by atoms with Crippen molar-refractivity contribution in [3.05, 3.63) is 121 Å². The summed E-state index contributed by atoms with van der Waals surface area (Å²) in [5.41, 5.74) is -2.86. The van der Waals surface area contributed by atoms with Crippen molar-refractivity contribution in [2.24, 2.45) is 0 Å². The molecule has 1 amide bonds. The number of benzene rings is 1. The largest absolute Gasteiger partial charge is 0.461 e. The minimum atomic E-state index is -4.00. The number of ketones is 1. The van der Waals surface area contributed by atoms with Crippen LogP contribution >= 0.6 is 47.8 Å². The molecule has 0 unspecified atom stereocenters. The lowest BCUT2D eigenvalue weighted by Crippen LogP contribution is -2.47. The van der Waals surface area contributed by atoms with Crippen LogP contribution in [0.4, 0.5) is 35.1 Å². The molecule has 297 valence electrons. The van der Waals surface area contributed by atoms with Gasteiger partial charge in [0.2, 0.25) is 5.78 Å². The third-order valence-electron chi connectivity index (χ3n) is 6.71. The van der Waals surface area contributed by atoms with Crippen molar-refractivity contribution in [3.63, 3.8) is 0 Å². The third kappa shape index (κ3) is 13.1. The lowest BCUT2D eigenvalue weighted by Gasteiger charge is -2.29. The van der Waals surface area contributed by atoms with Crippen LogP contribution in [0.1, 0.15) is 43.2 Å². The highest BCUT2D eigenvalue weighted by atomic mass is 79.9. The average Bonchev–Trinajstić information content (AvgIpc) is 3.12. The molecule has 0 atom stereocenters. The van der Waals surface area contributed by atoms with E-state index in [0.29, 0.717) is 25.6 Å². The molecule has 3 aromatic heterocycles. The maximum absolute atomic E-state index is 14.0. The van der Waals surface area contributed by atoms with E-state index in [2.05, 4.69) is 67.5 Å². The lowest BCUT2D eigenvalue weighted by atomic mass is 10.0. The Morgan fingerprint density at radius 2 is 1.18 bits per heavy atom. The van der Waals surface area contributed by atoms with E-state index in [1.807, 2.05) is 0 Å². The fourth-order valence-corrected chi connectivity index (χ4v) is 4.75. The molecule has 9 nitrogen and oxygen atoms in total. The number of Topliss-reactive ketones (excluding diaryl/α,β-unsaturated/α-hetero) is 1. The van der Waals surface area contributed by atoms with Crippen LogP contribution in [0.15, 0.2) is 86.6 Å². The summed E-state index contributed by atoms with van der Waals surface area (Å²) in [7, 11) is 0. The van der Waals surface area contributed by atoms with Gasteiger partial charge in [-0.05, 0) is 103 Å². The zero-order valence-electron chi connectivity index (χ0n) is 27.5. The lowest BCUT2D eigenvalue weighted by molar-refractivity contribution is -0.173. The molecular weight excluding hydrogens is 947 g/mol. The molecule has 1 aromatic carbocycles. The Hall–Kier alpha value is -3.82. The fraction of sp³-hybridized carbons (Fsp3) is 0.294. The Labute approximate surface area is 338 Å². The van der Waals surface area contributed by atoms with Crippen molar-refractivity contribution >= 4 is 73.9 Å². The first kappa shape index (κ1) is 49.2. The number of nitrogens with zero attached hydrogens (tertiary/aromatic N) is 4. The average molecular weight is 979 g/mol. The zero-order valence-corrected chi connectivity index (χ0v) is 32.3. The number of aromatic nitrogens is 3.